The number of carbonyl (C=O) groups is 2. The first kappa shape index (κ1) is 16.2. The van der Waals surface area contributed by atoms with Crippen molar-refractivity contribution < 1.29 is 9.59 Å². The molecule has 112 valence electrons. The van der Waals surface area contributed by atoms with Gasteiger partial charge in [-0.1, -0.05) is 18.3 Å². The van der Waals surface area contributed by atoms with Gasteiger partial charge in [0.1, 0.15) is 10.7 Å². The lowest BCUT2D eigenvalue weighted by atomic mass is 10.4. The van der Waals surface area contributed by atoms with Gasteiger partial charge in [-0.15, -0.1) is 0 Å². The molecular formula is C12H21N5O2S. The summed E-state index contributed by atoms with van der Waals surface area (Å²) in [4.78, 5) is 29.6. The molecule has 0 bridgehead atoms. The summed E-state index contributed by atoms with van der Waals surface area (Å²) in [5.74, 6) is -0.184. The fourth-order valence-corrected chi connectivity index (χ4v) is 2.46. The first-order valence-corrected chi connectivity index (χ1v) is 7.27. The fourth-order valence-electron chi connectivity index (χ4n) is 1.57. The van der Waals surface area contributed by atoms with Crippen molar-refractivity contribution in [2.75, 3.05) is 37.8 Å². The largest absolute Gasteiger partial charge is 0.382 e. The topological polar surface area (TPSA) is 100 Å². The molecular weight excluding hydrogens is 278 g/mol. The summed E-state index contributed by atoms with van der Waals surface area (Å²) in [6.45, 7) is 3.19. The Labute approximate surface area is 122 Å². The third-order valence-corrected chi connectivity index (χ3v) is 3.83. The smallest absolute Gasteiger partial charge is 0.265 e. The van der Waals surface area contributed by atoms with Crippen LogP contribution >= 0.6 is 11.3 Å². The summed E-state index contributed by atoms with van der Waals surface area (Å²) in [5.41, 5.74) is 5.77. The molecule has 0 saturated carbocycles. The summed E-state index contributed by atoms with van der Waals surface area (Å²) in [6.07, 6.45) is 1.23. The van der Waals surface area contributed by atoms with Gasteiger partial charge in [-0.05, 0) is 6.42 Å². The molecule has 2 amide bonds. The van der Waals surface area contributed by atoms with Gasteiger partial charge in [-0.25, -0.2) is 4.98 Å². The first-order valence-electron chi connectivity index (χ1n) is 6.45. The van der Waals surface area contributed by atoms with Crippen molar-refractivity contribution in [2.24, 2.45) is 0 Å². The number of carbonyl (C=O) groups excluding carboxylic acids is 2. The van der Waals surface area contributed by atoms with Gasteiger partial charge >= 0.3 is 0 Å². The van der Waals surface area contributed by atoms with Crippen LogP contribution in [0, 0.1) is 0 Å². The summed E-state index contributed by atoms with van der Waals surface area (Å²) in [6, 6.07) is 0. The minimum atomic E-state index is -0.292. The van der Waals surface area contributed by atoms with E-state index < -0.39 is 0 Å². The molecule has 1 aromatic rings. The van der Waals surface area contributed by atoms with Gasteiger partial charge in [0.05, 0.1) is 0 Å². The Hall–Kier alpha value is -1.83. The lowest BCUT2D eigenvalue weighted by molar-refractivity contribution is -0.120. The van der Waals surface area contributed by atoms with Gasteiger partial charge in [0.25, 0.3) is 5.91 Å². The van der Waals surface area contributed by atoms with Gasteiger partial charge < -0.3 is 21.3 Å². The van der Waals surface area contributed by atoms with E-state index in [-0.39, 0.29) is 30.6 Å². The predicted octanol–water partition coefficient (Wildman–Crippen LogP) is 0.437. The number of nitrogens with two attached hydrogens (primary N) is 1. The lowest BCUT2D eigenvalue weighted by Crippen LogP contribution is -2.29. The van der Waals surface area contributed by atoms with Gasteiger partial charge in [-0.2, -0.15) is 0 Å². The van der Waals surface area contributed by atoms with Crippen molar-refractivity contribution in [3.05, 3.63) is 4.88 Å². The zero-order valence-corrected chi connectivity index (χ0v) is 12.8. The standard InChI is InChI=1S/C12H21N5O2S/c1-4-7-17(3)12-16-10(13)9(20-12)11(19)15-6-5-8(18)14-2/h4-7,13H2,1-3H3,(H,14,18)(H,15,19). The molecule has 0 saturated heterocycles. The summed E-state index contributed by atoms with van der Waals surface area (Å²) in [5, 5.41) is 5.88. The van der Waals surface area contributed by atoms with E-state index in [0.717, 1.165) is 18.1 Å². The van der Waals surface area contributed by atoms with Crippen molar-refractivity contribution in [1.82, 2.24) is 15.6 Å². The molecule has 20 heavy (non-hydrogen) atoms. The van der Waals surface area contributed by atoms with E-state index in [9.17, 15) is 9.59 Å². The molecule has 0 spiro atoms. The Balaban J connectivity index is 2.62. The molecule has 7 nitrogen and oxygen atoms in total. The van der Waals surface area contributed by atoms with Gasteiger partial charge in [0.2, 0.25) is 5.91 Å². The monoisotopic (exact) mass is 299 g/mol. The second kappa shape index (κ2) is 7.68. The molecule has 0 unspecified atom stereocenters. The highest BCUT2D eigenvalue weighted by Crippen LogP contribution is 2.27. The van der Waals surface area contributed by atoms with Crippen molar-refractivity contribution in [2.45, 2.75) is 19.8 Å². The van der Waals surface area contributed by atoms with Crippen molar-refractivity contribution in [1.29, 1.82) is 0 Å². The zero-order valence-electron chi connectivity index (χ0n) is 12.0. The van der Waals surface area contributed by atoms with Crippen molar-refractivity contribution >= 4 is 34.1 Å². The zero-order chi connectivity index (χ0) is 15.1. The van der Waals surface area contributed by atoms with E-state index in [4.69, 9.17) is 5.73 Å². The Morgan fingerprint density at radius 1 is 1.45 bits per heavy atom. The van der Waals surface area contributed by atoms with E-state index in [1.807, 2.05) is 11.9 Å². The molecule has 4 N–H and O–H groups in total. The molecule has 1 rings (SSSR count). The van der Waals surface area contributed by atoms with Gasteiger partial charge in [-0.3, -0.25) is 9.59 Å². The first-order chi connectivity index (χ1) is 9.49. The number of amides is 2. The maximum atomic E-state index is 12.0. The van der Waals surface area contributed by atoms with Gasteiger partial charge in [0.15, 0.2) is 5.13 Å². The Kier molecular flexibility index (Phi) is 6.23. The normalized spacial score (nSPS) is 10.2. The van der Waals surface area contributed by atoms with Crippen molar-refractivity contribution in [3.63, 3.8) is 0 Å². The molecule has 0 radical (unpaired) electrons. The molecule has 8 heteroatoms. The van der Waals surface area contributed by atoms with E-state index >= 15 is 0 Å². The average Bonchev–Trinajstić information content (AvgIpc) is 2.81. The maximum absolute atomic E-state index is 12.0. The molecule has 0 aliphatic heterocycles. The Morgan fingerprint density at radius 2 is 2.15 bits per heavy atom. The molecule has 1 aromatic heterocycles. The quantitative estimate of drug-likeness (QED) is 0.678. The van der Waals surface area contributed by atoms with E-state index in [2.05, 4.69) is 22.5 Å². The van der Waals surface area contributed by atoms with Crippen LogP contribution < -0.4 is 21.3 Å². The Bertz CT molecular complexity index is 474. The number of rotatable bonds is 7. The maximum Gasteiger partial charge on any atom is 0.265 e. The molecule has 0 aliphatic carbocycles. The van der Waals surface area contributed by atoms with E-state index in [1.165, 1.54) is 11.3 Å². The fraction of sp³-hybridized carbons (Fsp3) is 0.583. The number of hydrogen-bond acceptors (Lipinski definition) is 6. The third-order valence-electron chi connectivity index (χ3n) is 2.65. The van der Waals surface area contributed by atoms with Crippen molar-refractivity contribution in [3.8, 4) is 0 Å². The highest BCUT2D eigenvalue weighted by atomic mass is 32.1. The Morgan fingerprint density at radius 3 is 2.75 bits per heavy atom. The molecule has 0 atom stereocenters. The number of hydrogen-bond donors (Lipinski definition) is 3. The minimum absolute atomic E-state index is 0.119. The summed E-state index contributed by atoms with van der Waals surface area (Å²) < 4.78 is 0. The van der Waals surface area contributed by atoms with Gasteiger partial charge in [0, 0.05) is 33.6 Å². The summed E-state index contributed by atoms with van der Waals surface area (Å²) in [7, 11) is 3.47. The molecule has 0 aromatic carbocycles. The number of nitrogens with one attached hydrogen (secondary N) is 2. The van der Waals surface area contributed by atoms with E-state index in [0.29, 0.717) is 4.88 Å². The lowest BCUT2D eigenvalue weighted by Gasteiger charge is -2.13. The van der Waals surface area contributed by atoms with Crippen LogP contribution in [0.25, 0.3) is 0 Å². The van der Waals surface area contributed by atoms with Crippen LogP contribution in [0.1, 0.15) is 29.4 Å². The van der Waals surface area contributed by atoms with Crippen LogP contribution in [-0.2, 0) is 4.79 Å². The van der Waals surface area contributed by atoms with Crippen LogP contribution in [0.5, 0.6) is 0 Å². The SMILES string of the molecule is CCCN(C)c1nc(N)c(C(=O)NCCC(=O)NC)s1. The predicted molar refractivity (Wildman–Crippen MR) is 81.1 cm³/mol. The van der Waals surface area contributed by atoms with Crippen LogP contribution in [-0.4, -0.2) is 44.0 Å². The number of aromatic nitrogens is 1. The van der Waals surface area contributed by atoms with Crippen LogP contribution in [0.15, 0.2) is 0 Å². The molecule has 1 heterocycles. The van der Waals surface area contributed by atoms with E-state index in [1.54, 1.807) is 7.05 Å². The number of thiazole rings is 1. The van der Waals surface area contributed by atoms with Crippen LogP contribution in [0.2, 0.25) is 0 Å². The molecule has 0 aliphatic rings. The number of nitrogen functional groups attached to an aromatic ring is 1. The average molecular weight is 299 g/mol. The highest BCUT2D eigenvalue weighted by Gasteiger charge is 2.17. The molecule has 0 fully saturated rings. The van der Waals surface area contributed by atoms with Crippen LogP contribution in [0.3, 0.4) is 0 Å². The summed E-state index contributed by atoms with van der Waals surface area (Å²) >= 11 is 1.26. The minimum Gasteiger partial charge on any atom is -0.382 e. The number of nitrogens with zero attached hydrogens (tertiary/aromatic N) is 2. The van der Waals surface area contributed by atoms with Crippen LogP contribution in [0.4, 0.5) is 10.9 Å². The second-order valence-corrected chi connectivity index (χ2v) is 5.29. The number of anilines is 2. The third kappa shape index (κ3) is 4.37. The highest BCUT2D eigenvalue weighted by molar-refractivity contribution is 7.18. The second-order valence-electron chi connectivity index (χ2n) is 4.31.